The van der Waals surface area contributed by atoms with Crippen molar-refractivity contribution in [1.82, 2.24) is 9.80 Å². The molecule has 6 heteroatoms. The first kappa shape index (κ1) is 24.7. The second-order valence-corrected chi connectivity index (χ2v) is 9.22. The van der Waals surface area contributed by atoms with E-state index >= 15 is 0 Å². The Morgan fingerprint density at radius 2 is 1.75 bits per heavy atom. The van der Waals surface area contributed by atoms with Gasteiger partial charge in [-0.25, -0.2) is 0 Å². The average molecular weight is 445 g/mol. The van der Waals surface area contributed by atoms with Crippen LogP contribution in [-0.2, 0) is 20.9 Å². The van der Waals surface area contributed by atoms with E-state index in [0.717, 1.165) is 44.1 Å². The Bertz CT molecular complexity index is 711. The number of rotatable bonds is 12. The molecule has 2 saturated heterocycles. The van der Waals surface area contributed by atoms with Gasteiger partial charge in [0.05, 0.1) is 25.4 Å². The summed E-state index contributed by atoms with van der Waals surface area (Å²) in [7, 11) is 0. The number of aliphatic hydroxyl groups is 1. The largest absolute Gasteiger partial charge is 0.389 e. The van der Waals surface area contributed by atoms with Crippen molar-refractivity contribution in [3.8, 4) is 0 Å². The number of ether oxygens (including phenoxy) is 1. The molecule has 1 aromatic rings. The van der Waals surface area contributed by atoms with Gasteiger partial charge in [-0.2, -0.15) is 0 Å². The van der Waals surface area contributed by atoms with Gasteiger partial charge in [0.15, 0.2) is 0 Å². The maximum atomic E-state index is 13.4. The highest BCUT2D eigenvalue weighted by Gasteiger charge is 2.41. The van der Waals surface area contributed by atoms with Gasteiger partial charge >= 0.3 is 0 Å². The lowest BCUT2D eigenvalue weighted by Gasteiger charge is -2.33. The molecular weight excluding hydrogens is 404 g/mol. The number of aliphatic hydroxyl groups excluding tert-OH is 1. The van der Waals surface area contributed by atoms with E-state index in [1.807, 2.05) is 35.2 Å². The molecular formula is C26H40N2O4. The summed E-state index contributed by atoms with van der Waals surface area (Å²) in [6.45, 7) is 4.15. The summed E-state index contributed by atoms with van der Waals surface area (Å²) in [6.07, 6.45) is 8.64. The fourth-order valence-electron chi connectivity index (χ4n) is 4.99. The monoisotopic (exact) mass is 444 g/mol. The minimum atomic E-state index is -0.714. The number of carbonyl (C=O) groups is 2. The van der Waals surface area contributed by atoms with Crippen LogP contribution in [0.3, 0.4) is 0 Å². The number of benzene rings is 1. The predicted octanol–water partition coefficient (Wildman–Crippen LogP) is 3.91. The van der Waals surface area contributed by atoms with Gasteiger partial charge in [0.2, 0.25) is 11.8 Å². The van der Waals surface area contributed by atoms with Crippen LogP contribution >= 0.6 is 0 Å². The van der Waals surface area contributed by atoms with Crippen molar-refractivity contribution in [2.24, 2.45) is 0 Å². The highest BCUT2D eigenvalue weighted by atomic mass is 16.5. The zero-order valence-corrected chi connectivity index (χ0v) is 19.6. The summed E-state index contributed by atoms with van der Waals surface area (Å²) in [5.74, 6) is 0.117. The summed E-state index contributed by atoms with van der Waals surface area (Å²) in [4.78, 5) is 29.8. The topological polar surface area (TPSA) is 70.1 Å². The number of hydrogen-bond acceptors (Lipinski definition) is 4. The molecule has 3 rings (SSSR count). The lowest BCUT2D eigenvalue weighted by atomic mass is 10.1. The molecule has 0 radical (unpaired) electrons. The van der Waals surface area contributed by atoms with E-state index in [9.17, 15) is 14.7 Å². The molecule has 2 heterocycles. The molecule has 0 bridgehead atoms. The van der Waals surface area contributed by atoms with E-state index in [1.54, 1.807) is 4.90 Å². The third-order valence-corrected chi connectivity index (χ3v) is 6.78. The molecule has 2 amide bonds. The number of carbonyl (C=O) groups excluding carboxylic acids is 2. The van der Waals surface area contributed by atoms with Crippen LogP contribution in [0.4, 0.5) is 0 Å². The van der Waals surface area contributed by atoms with Gasteiger partial charge in [0.25, 0.3) is 0 Å². The number of unbranched alkanes of at least 4 members (excludes halogenated alkanes) is 4. The van der Waals surface area contributed by atoms with Crippen LogP contribution in [0.25, 0.3) is 0 Å². The quantitative estimate of drug-likeness (QED) is 0.496. The van der Waals surface area contributed by atoms with Crippen molar-refractivity contribution in [3.05, 3.63) is 35.9 Å². The van der Waals surface area contributed by atoms with Crippen LogP contribution in [-0.4, -0.2) is 64.6 Å². The molecule has 0 saturated carbocycles. The van der Waals surface area contributed by atoms with Crippen molar-refractivity contribution in [2.45, 2.75) is 95.9 Å². The normalized spacial score (nSPS) is 21.8. The van der Waals surface area contributed by atoms with Gasteiger partial charge < -0.3 is 19.6 Å². The minimum absolute atomic E-state index is 0.00597. The Kier molecular flexibility index (Phi) is 10.0. The molecule has 1 N–H and O–H groups in total. The summed E-state index contributed by atoms with van der Waals surface area (Å²) >= 11 is 0. The Morgan fingerprint density at radius 1 is 1.03 bits per heavy atom. The molecule has 0 aliphatic carbocycles. The average Bonchev–Trinajstić information content (AvgIpc) is 3.49. The maximum Gasteiger partial charge on any atom is 0.245 e. The molecule has 3 atom stereocenters. The fraction of sp³-hybridized carbons (Fsp3) is 0.692. The van der Waals surface area contributed by atoms with Gasteiger partial charge in [0, 0.05) is 19.5 Å². The summed E-state index contributed by atoms with van der Waals surface area (Å²) in [5.41, 5.74) is 1.06. The van der Waals surface area contributed by atoms with Crippen LogP contribution in [0.15, 0.2) is 30.3 Å². The summed E-state index contributed by atoms with van der Waals surface area (Å²) in [6, 6.07) is 9.28. The maximum absolute atomic E-state index is 13.4. The third-order valence-electron chi connectivity index (χ3n) is 6.78. The molecule has 2 aliphatic heterocycles. The number of hydrogen-bond donors (Lipinski definition) is 1. The second kappa shape index (κ2) is 12.9. The van der Waals surface area contributed by atoms with Gasteiger partial charge in [0.1, 0.15) is 6.04 Å². The van der Waals surface area contributed by atoms with E-state index < -0.39 is 6.10 Å². The van der Waals surface area contributed by atoms with Gasteiger partial charge in [-0.15, -0.1) is 0 Å². The first-order chi connectivity index (χ1) is 15.6. The molecule has 2 fully saturated rings. The molecule has 178 valence electrons. The predicted molar refractivity (Wildman–Crippen MR) is 125 cm³/mol. The molecule has 1 aromatic carbocycles. The molecule has 3 unspecified atom stereocenters. The highest BCUT2D eigenvalue weighted by Crippen LogP contribution is 2.27. The van der Waals surface area contributed by atoms with Crippen molar-refractivity contribution in [3.63, 3.8) is 0 Å². The first-order valence-electron chi connectivity index (χ1n) is 12.5. The van der Waals surface area contributed by atoms with Crippen LogP contribution in [0.2, 0.25) is 0 Å². The Balaban J connectivity index is 1.49. The highest BCUT2D eigenvalue weighted by molar-refractivity contribution is 5.88. The van der Waals surface area contributed by atoms with Crippen molar-refractivity contribution in [1.29, 1.82) is 0 Å². The second-order valence-electron chi connectivity index (χ2n) is 9.22. The molecule has 0 aromatic heterocycles. The Labute approximate surface area is 192 Å². The van der Waals surface area contributed by atoms with Crippen molar-refractivity contribution < 1.29 is 19.4 Å². The van der Waals surface area contributed by atoms with Crippen LogP contribution in [0, 0.1) is 0 Å². The first-order valence-corrected chi connectivity index (χ1v) is 12.5. The van der Waals surface area contributed by atoms with E-state index in [-0.39, 0.29) is 30.5 Å². The van der Waals surface area contributed by atoms with Gasteiger partial charge in [-0.1, -0.05) is 62.9 Å². The standard InChI is InChI=1S/C26H40N2O4/c1-2-3-4-5-9-16-25(30)27-17-11-15-23(27)26(31)28-18-10-14-22(28)24(29)20-32-19-21-12-7-6-8-13-21/h6-8,12-13,22-24,29H,2-5,9-11,14-20H2,1H3. The van der Waals surface area contributed by atoms with Crippen LogP contribution in [0.5, 0.6) is 0 Å². The van der Waals surface area contributed by atoms with Crippen LogP contribution < -0.4 is 0 Å². The number of amides is 2. The van der Waals surface area contributed by atoms with Gasteiger partial charge in [-0.05, 0) is 37.7 Å². The van der Waals surface area contributed by atoms with Crippen molar-refractivity contribution in [2.75, 3.05) is 19.7 Å². The summed E-state index contributed by atoms with van der Waals surface area (Å²) < 4.78 is 5.73. The number of nitrogens with zero attached hydrogens (tertiary/aromatic N) is 2. The zero-order valence-electron chi connectivity index (χ0n) is 19.6. The Hall–Kier alpha value is -1.92. The summed E-state index contributed by atoms with van der Waals surface area (Å²) in [5, 5.41) is 10.8. The van der Waals surface area contributed by atoms with E-state index in [1.165, 1.54) is 19.3 Å². The van der Waals surface area contributed by atoms with E-state index in [0.29, 0.717) is 26.1 Å². The number of likely N-dealkylation sites (tertiary alicyclic amines) is 2. The SMILES string of the molecule is CCCCCCCC(=O)N1CCCC1C(=O)N1CCCC1C(O)COCc1ccccc1. The lowest BCUT2D eigenvalue weighted by molar-refractivity contribution is -0.146. The smallest absolute Gasteiger partial charge is 0.245 e. The molecule has 2 aliphatic rings. The molecule has 6 nitrogen and oxygen atoms in total. The zero-order chi connectivity index (χ0) is 22.8. The van der Waals surface area contributed by atoms with Crippen LogP contribution in [0.1, 0.15) is 76.7 Å². The van der Waals surface area contributed by atoms with E-state index in [2.05, 4.69) is 6.92 Å². The molecule has 32 heavy (non-hydrogen) atoms. The molecule has 0 spiro atoms. The van der Waals surface area contributed by atoms with Crippen molar-refractivity contribution >= 4 is 11.8 Å². The Morgan fingerprint density at radius 3 is 2.53 bits per heavy atom. The van der Waals surface area contributed by atoms with Gasteiger partial charge in [-0.3, -0.25) is 9.59 Å². The lowest BCUT2D eigenvalue weighted by Crippen LogP contribution is -2.52. The fourth-order valence-corrected chi connectivity index (χ4v) is 4.99. The van der Waals surface area contributed by atoms with E-state index in [4.69, 9.17) is 4.74 Å². The third kappa shape index (κ3) is 6.79. The minimum Gasteiger partial charge on any atom is -0.389 e.